The maximum Gasteiger partial charge on any atom is 0.318 e. The molecule has 0 aliphatic carbocycles. The van der Waals surface area contributed by atoms with Gasteiger partial charge in [-0.1, -0.05) is 39.0 Å². The van der Waals surface area contributed by atoms with Crippen molar-refractivity contribution >= 4 is 17.7 Å². The molecule has 3 heterocycles. The van der Waals surface area contributed by atoms with E-state index in [2.05, 4.69) is 32.5 Å². The Labute approximate surface area is 236 Å². The number of hydrogen-bond donors (Lipinski definition) is 2. The third kappa shape index (κ3) is 8.36. The molecular weight excluding hydrogens is 512 g/mol. The largest absolute Gasteiger partial charge is 0.433 e. The van der Waals surface area contributed by atoms with E-state index in [1.165, 1.54) is 0 Å². The average Bonchev–Trinajstić information content (AvgIpc) is 3.36. The van der Waals surface area contributed by atoms with Crippen molar-refractivity contribution in [1.29, 1.82) is 0 Å². The van der Waals surface area contributed by atoms with Crippen molar-refractivity contribution in [2.45, 2.75) is 39.8 Å². The highest BCUT2D eigenvalue weighted by atomic mass is 16.5. The van der Waals surface area contributed by atoms with E-state index < -0.39 is 11.9 Å². The zero-order valence-electron chi connectivity index (χ0n) is 24.1. The second-order valence-corrected chi connectivity index (χ2v) is 11.7. The molecule has 0 spiro atoms. The Hall–Kier alpha value is -3.28. The lowest BCUT2D eigenvalue weighted by molar-refractivity contribution is -0.123. The SMILES string of the molecule is CN1CCN(Cc2nc(-c3ccccc3)oc2C(=O)CNC(=O)C(CC(C)(C)C)NC(=O)N2CCOCC2)CC1. The number of amides is 3. The van der Waals surface area contributed by atoms with E-state index in [-0.39, 0.29) is 29.5 Å². The lowest BCUT2D eigenvalue weighted by atomic mass is 9.87. The molecule has 2 fully saturated rings. The van der Waals surface area contributed by atoms with E-state index >= 15 is 0 Å². The number of piperazine rings is 1. The summed E-state index contributed by atoms with van der Waals surface area (Å²) in [5.74, 6) is -0.236. The van der Waals surface area contributed by atoms with Crippen LogP contribution in [0.15, 0.2) is 34.7 Å². The van der Waals surface area contributed by atoms with Crippen LogP contribution in [-0.2, 0) is 16.1 Å². The molecule has 218 valence electrons. The second kappa shape index (κ2) is 13.4. The van der Waals surface area contributed by atoms with Crippen molar-refractivity contribution in [3.05, 3.63) is 41.8 Å². The van der Waals surface area contributed by atoms with Gasteiger partial charge in [0.05, 0.1) is 19.8 Å². The summed E-state index contributed by atoms with van der Waals surface area (Å²) in [6.45, 7) is 11.7. The Bertz CT molecular complexity index is 1150. The maximum atomic E-state index is 13.4. The first kappa shape index (κ1) is 29.7. The van der Waals surface area contributed by atoms with Gasteiger partial charge in [-0.25, -0.2) is 9.78 Å². The number of ether oxygens (including phenoxy) is 1. The number of Topliss-reactive ketones (excluding diaryl/α,β-unsaturated/α-hetero) is 1. The summed E-state index contributed by atoms with van der Waals surface area (Å²) in [6.07, 6.45) is 0.415. The fraction of sp³-hybridized carbons (Fsp3) is 0.586. The van der Waals surface area contributed by atoms with Crippen LogP contribution in [0.4, 0.5) is 4.79 Å². The predicted molar refractivity (Wildman–Crippen MR) is 151 cm³/mol. The van der Waals surface area contributed by atoms with E-state index in [0.29, 0.717) is 50.9 Å². The number of urea groups is 1. The molecule has 11 nitrogen and oxygen atoms in total. The van der Waals surface area contributed by atoms with Crippen molar-refractivity contribution in [2.24, 2.45) is 5.41 Å². The summed E-state index contributed by atoms with van der Waals surface area (Å²) in [7, 11) is 2.09. The summed E-state index contributed by atoms with van der Waals surface area (Å²) >= 11 is 0. The van der Waals surface area contributed by atoms with Crippen molar-refractivity contribution < 1.29 is 23.5 Å². The van der Waals surface area contributed by atoms with Gasteiger partial charge in [-0.05, 0) is 31.0 Å². The fourth-order valence-electron chi connectivity index (χ4n) is 4.80. The fourth-order valence-corrected chi connectivity index (χ4v) is 4.80. The summed E-state index contributed by atoms with van der Waals surface area (Å²) in [6, 6.07) is 8.36. The van der Waals surface area contributed by atoms with Crippen LogP contribution in [0.2, 0.25) is 0 Å². The minimum absolute atomic E-state index is 0.155. The number of hydrogen-bond acceptors (Lipinski definition) is 8. The normalized spacial score (nSPS) is 17.9. The molecule has 2 saturated heterocycles. The lowest BCUT2D eigenvalue weighted by Crippen LogP contribution is -2.54. The molecular formula is C29H42N6O5. The highest BCUT2D eigenvalue weighted by molar-refractivity contribution is 5.99. The summed E-state index contributed by atoms with van der Waals surface area (Å²) < 4.78 is 11.3. The summed E-state index contributed by atoms with van der Waals surface area (Å²) in [5, 5.41) is 5.61. The van der Waals surface area contributed by atoms with Gasteiger partial charge >= 0.3 is 6.03 Å². The van der Waals surface area contributed by atoms with Gasteiger partial charge in [0, 0.05) is 51.4 Å². The number of ketones is 1. The van der Waals surface area contributed by atoms with Crippen LogP contribution >= 0.6 is 0 Å². The van der Waals surface area contributed by atoms with Crippen molar-refractivity contribution in [2.75, 3.05) is 66.1 Å². The molecule has 2 aromatic rings. The Kier molecular flexibility index (Phi) is 9.94. The van der Waals surface area contributed by atoms with Gasteiger partial charge in [0.15, 0.2) is 5.76 Å². The summed E-state index contributed by atoms with van der Waals surface area (Å²) in [5.41, 5.74) is 1.12. The molecule has 2 aliphatic rings. The number of aromatic nitrogens is 1. The Morgan fingerprint density at radius 2 is 1.68 bits per heavy atom. The summed E-state index contributed by atoms with van der Waals surface area (Å²) in [4.78, 5) is 50.3. The minimum Gasteiger partial charge on any atom is -0.433 e. The Balaban J connectivity index is 1.46. The van der Waals surface area contributed by atoms with Gasteiger partial charge in [0.25, 0.3) is 0 Å². The molecule has 40 heavy (non-hydrogen) atoms. The van der Waals surface area contributed by atoms with Crippen LogP contribution in [0.25, 0.3) is 11.5 Å². The molecule has 2 N–H and O–H groups in total. The van der Waals surface area contributed by atoms with Gasteiger partial charge in [0.2, 0.25) is 17.6 Å². The molecule has 1 aromatic heterocycles. The van der Waals surface area contributed by atoms with E-state index in [0.717, 1.165) is 31.7 Å². The number of nitrogens with one attached hydrogen (secondary N) is 2. The first-order valence-corrected chi connectivity index (χ1v) is 14.0. The molecule has 11 heteroatoms. The Morgan fingerprint density at radius 3 is 2.33 bits per heavy atom. The first-order valence-electron chi connectivity index (χ1n) is 14.0. The van der Waals surface area contributed by atoms with Gasteiger partial charge in [0.1, 0.15) is 11.7 Å². The van der Waals surface area contributed by atoms with E-state index in [9.17, 15) is 14.4 Å². The van der Waals surface area contributed by atoms with Gasteiger partial charge in [-0.15, -0.1) is 0 Å². The number of morpholine rings is 1. The van der Waals surface area contributed by atoms with Crippen LogP contribution in [0, 0.1) is 5.41 Å². The third-order valence-electron chi connectivity index (χ3n) is 7.09. The first-order chi connectivity index (χ1) is 19.1. The highest BCUT2D eigenvalue weighted by Gasteiger charge is 2.30. The van der Waals surface area contributed by atoms with Crippen molar-refractivity contribution in [3.63, 3.8) is 0 Å². The molecule has 3 amide bonds. The predicted octanol–water partition coefficient (Wildman–Crippen LogP) is 2.23. The Morgan fingerprint density at radius 1 is 1.00 bits per heavy atom. The number of rotatable bonds is 9. The monoisotopic (exact) mass is 554 g/mol. The number of nitrogens with zero attached hydrogens (tertiary/aromatic N) is 4. The van der Waals surface area contributed by atoms with E-state index in [1.54, 1.807) is 4.90 Å². The maximum absolute atomic E-state index is 13.4. The molecule has 2 aliphatic heterocycles. The topological polar surface area (TPSA) is 120 Å². The molecule has 1 unspecified atom stereocenters. The van der Waals surface area contributed by atoms with Crippen LogP contribution in [0.5, 0.6) is 0 Å². The van der Waals surface area contributed by atoms with Crippen LogP contribution in [-0.4, -0.2) is 110 Å². The van der Waals surface area contributed by atoms with Crippen LogP contribution < -0.4 is 10.6 Å². The van der Waals surface area contributed by atoms with E-state index in [1.807, 2.05) is 51.1 Å². The molecule has 4 rings (SSSR count). The molecule has 0 saturated carbocycles. The second-order valence-electron chi connectivity index (χ2n) is 11.7. The molecule has 1 aromatic carbocycles. The van der Waals surface area contributed by atoms with Crippen molar-refractivity contribution in [3.8, 4) is 11.5 Å². The molecule has 0 radical (unpaired) electrons. The number of likely N-dealkylation sites (N-methyl/N-ethyl adjacent to an activating group) is 1. The quantitative estimate of drug-likeness (QED) is 0.453. The van der Waals surface area contributed by atoms with E-state index in [4.69, 9.17) is 9.15 Å². The highest BCUT2D eigenvalue weighted by Crippen LogP contribution is 2.24. The standard InChI is InChI=1S/C29H42N6O5/c1-29(2,3)18-22(32-28(38)35-14-16-39-17-15-35)26(37)30-19-24(36)25-23(20-34-12-10-33(4)11-13-34)31-27(40-25)21-8-6-5-7-9-21/h5-9,22H,10-20H2,1-4H3,(H,30,37)(H,32,38). The number of carbonyl (C=O) groups excluding carboxylic acids is 3. The van der Waals surface area contributed by atoms with Gasteiger partial charge in [-0.3, -0.25) is 14.5 Å². The lowest BCUT2D eigenvalue weighted by Gasteiger charge is -2.31. The number of carbonyl (C=O) groups is 3. The zero-order valence-corrected chi connectivity index (χ0v) is 24.1. The van der Waals surface area contributed by atoms with Crippen molar-refractivity contribution in [1.82, 2.24) is 30.3 Å². The third-order valence-corrected chi connectivity index (χ3v) is 7.09. The molecule has 0 bridgehead atoms. The minimum atomic E-state index is -0.789. The van der Waals surface area contributed by atoms with Gasteiger partial charge in [-0.2, -0.15) is 0 Å². The molecule has 1 atom stereocenters. The smallest absolute Gasteiger partial charge is 0.318 e. The zero-order chi connectivity index (χ0) is 28.7. The average molecular weight is 555 g/mol. The van der Waals surface area contributed by atoms with Crippen LogP contribution in [0.3, 0.4) is 0 Å². The van der Waals surface area contributed by atoms with Crippen LogP contribution in [0.1, 0.15) is 43.4 Å². The number of oxazole rings is 1. The number of benzene rings is 1. The van der Waals surface area contributed by atoms with Gasteiger partial charge < -0.3 is 29.6 Å².